The van der Waals surface area contributed by atoms with E-state index in [1.54, 1.807) is 24.3 Å². The molecule has 0 radical (unpaired) electrons. The molecule has 0 fully saturated rings. The van der Waals surface area contributed by atoms with Crippen LogP contribution in [0.5, 0.6) is 0 Å². The predicted octanol–water partition coefficient (Wildman–Crippen LogP) is 24.6. The Kier molecular flexibility index (Phi) is 61.9. The minimum atomic E-state index is -4.33. The van der Waals surface area contributed by atoms with Crippen molar-refractivity contribution in [3.8, 4) is 0 Å². The molecule has 0 amide bonds. The smallest absolute Gasteiger partial charge is 0.744 e. The number of rotatable bonds is 62. The van der Waals surface area contributed by atoms with Crippen molar-refractivity contribution in [3.63, 3.8) is 0 Å². The third kappa shape index (κ3) is 58.5. The van der Waals surface area contributed by atoms with E-state index in [4.69, 9.17) is 0 Å². The van der Waals surface area contributed by atoms with E-state index >= 15 is 0 Å². The number of hydrogen-bond donors (Lipinski definition) is 0. The van der Waals surface area contributed by atoms with E-state index in [2.05, 4.69) is 13.8 Å². The Bertz CT molecular complexity index is 1690. The van der Waals surface area contributed by atoms with Crippen LogP contribution in [-0.2, 0) is 33.1 Å². The van der Waals surface area contributed by atoms with Crippen molar-refractivity contribution >= 4 is 43.3 Å². The Labute approximate surface area is 534 Å². The second kappa shape index (κ2) is 62.6. The summed E-state index contributed by atoms with van der Waals surface area (Å²) in [6, 6.07) is 12.8. The van der Waals surface area contributed by atoms with E-state index in [-0.39, 0.29) is 32.8 Å². The van der Waals surface area contributed by atoms with E-state index in [1.807, 2.05) is 0 Å². The quantitative estimate of drug-likeness (QED) is 0.0370. The minimum Gasteiger partial charge on any atom is -0.744 e. The van der Waals surface area contributed by atoms with Crippen molar-refractivity contribution in [2.24, 2.45) is 0 Å². The van der Waals surface area contributed by atoms with Crippen molar-refractivity contribution in [1.29, 1.82) is 0 Å². The summed E-state index contributed by atoms with van der Waals surface area (Å²) in [6.07, 6.45) is 83.9. The van der Waals surface area contributed by atoms with E-state index in [0.29, 0.717) is 0 Å². The normalized spacial score (nSPS) is 11.7. The van der Waals surface area contributed by atoms with Crippen molar-refractivity contribution in [1.82, 2.24) is 0 Å². The fraction of sp³-hybridized carbons (Fsp3) is 0.838. The number of unbranched alkanes of at least 4 members (excludes halogenated alkanes) is 56. The number of aryl methyl sites for hydroxylation is 2. The second-order valence-corrected chi connectivity index (χ2v) is 28.3. The maximum absolute atomic E-state index is 11.0. The average Bonchev–Trinajstić information content (AvgIpc) is 3.58. The molecule has 2 aromatic rings. The van der Waals surface area contributed by atoms with Crippen LogP contribution in [0.1, 0.15) is 397 Å². The van der Waals surface area contributed by atoms with Crippen LogP contribution in [0.4, 0.5) is 0 Å². The van der Waals surface area contributed by atoms with Gasteiger partial charge in [-0.25, -0.2) is 16.8 Å². The first-order valence-corrected chi connectivity index (χ1v) is 39.0. The summed E-state index contributed by atoms with van der Waals surface area (Å²) in [6.45, 7) is 4.59. The van der Waals surface area contributed by atoms with Gasteiger partial charge in [-0.05, 0) is 61.1 Å². The van der Waals surface area contributed by atoms with Crippen molar-refractivity contribution in [2.75, 3.05) is 0 Å². The van der Waals surface area contributed by atoms with Crippen LogP contribution < -0.4 is 0 Å². The molecule has 0 spiro atoms. The molecule has 0 bridgehead atoms. The molecule has 0 aliphatic heterocycles. The van der Waals surface area contributed by atoms with Gasteiger partial charge in [0.1, 0.15) is 20.2 Å². The molecule has 6 nitrogen and oxygen atoms in total. The molecule has 2 aromatic carbocycles. The van der Waals surface area contributed by atoms with Gasteiger partial charge in [0.15, 0.2) is 0 Å². The van der Waals surface area contributed by atoms with E-state index in [1.165, 1.54) is 384 Å². The molecule has 0 unspecified atom stereocenters. The van der Waals surface area contributed by atoms with Gasteiger partial charge in [0.2, 0.25) is 0 Å². The maximum Gasteiger partial charge on any atom is 2.00 e. The molecule has 9 heteroatoms. The summed E-state index contributed by atoms with van der Waals surface area (Å²) in [4.78, 5) is -0.265. The first-order chi connectivity index (χ1) is 40.1. The Morgan fingerprint density at radius 1 is 0.217 bits per heavy atom. The fourth-order valence-corrected chi connectivity index (χ4v) is 12.9. The summed E-state index contributed by atoms with van der Waals surface area (Å²) < 4.78 is 65.9. The maximum atomic E-state index is 11.0. The standard InChI is InChI=1S/2C37H68O3S.Mg/c2*1-2-3-4-5-6-7-8-9-10-11-12-13-14-15-16-17-18-19-20-21-22-23-24-25-26-27-28-29-30-31-36-32-34-37(35-33-36)41(38,39)40;/h2*32-35H,2-31H2,1H3,(H,38,39,40);/q;;+2/p-2. The zero-order chi connectivity index (χ0) is 59.4. The van der Waals surface area contributed by atoms with Gasteiger partial charge in [-0.3, -0.25) is 0 Å². The molecular weight excluding hydrogens is 1070 g/mol. The molecule has 0 aliphatic rings. The van der Waals surface area contributed by atoms with Gasteiger partial charge in [0.05, 0.1) is 9.79 Å². The summed E-state index contributed by atoms with van der Waals surface area (Å²) in [5.74, 6) is 0. The largest absolute Gasteiger partial charge is 2.00 e. The van der Waals surface area contributed by atoms with Crippen LogP contribution >= 0.6 is 0 Å². The van der Waals surface area contributed by atoms with Gasteiger partial charge in [-0.2, -0.15) is 0 Å². The summed E-state index contributed by atoms with van der Waals surface area (Å²) in [5, 5.41) is 0. The van der Waals surface area contributed by atoms with E-state index < -0.39 is 20.2 Å². The molecule has 0 saturated carbocycles. The topological polar surface area (TPSA) is 114 Å². The Morgan fingerprint density at radius 3 is 0.458 bits per heavy atom. The molecule has 0 aromatic heterocycles. The molecule has 0 heterocycles. The van der Waals surface area contributed by atoms with Gasteiger partial charge in [-0.1, -0.05) is 398 Å². The van der Waals surface area contributed by atoms with Crippen LogP contribution in [0, 0.1) is 0 Å². The van der Waals surface area contributed by atoms with Crippen molar-refractivity contribution in [3.05, 3.63) is 59.7 Å². The van der Waals surface area contributed by atoms with Gasteiger partial charge in [0, 0.05) is 0 Å². The Morgan fingerprint density at radius 2 is 0.337 bits per heavy atom. The zero-order valence-corrected chi connectivity index (χ0v) is 58.1. The van der Waals surface area contributed by atoms with E-state index in [9.17, 15) is 25.9 Å². The second-order valence-electron chi connectivity index (χ2n) is 25.5. The third-order valence-corrected chi connectivity index (χ3v) is 19.3. The van der Waals surface area contributed by atoms with Crippen LogP contribution in [-0.4, -0.2) is 49.0 Å². The van der Waals surface area contributed by atoms with Crippen molar-refractivity contribution in [2.45, 2.75) is 409 Å². The molecule has 480 valence electrons. The molecule has 0 aliphatic carbocycles. The van der Waals surface area contributed by atoms with Gasteiger partial charge < -0.3 is 9.11 Å². The molecule has 0 saturated heterocycles. The first-order valence-electron chi connectivity index (χ1n) is 36.2. The van der Waals surface area contributed by atoms with Crippen LogP contribution in [0.3, 0.4) is 0 Å². The summed E-state index contributed by atoms with van der Waals surface area (Å²) in [5.41, 5.74) is 2.23. The monoisotopic (exact) mass is 1210 g/mol. The van der Waals surface area contributed by atoms with Crippen molar-refractivity contribution < 1.29 is 25.9 Å². The fourth-order valence-electron chi connectivity index (χ4n) is 12.0. The Hall–Kier alpha value is -0.974. The molecule has 0 N–H and O–H groups in total. The first kappa shape index (κ1) is 82.0. The molecule has 0 atom stereocenters. The average molecular weight is 1210 g/mol. The SMILES string of the molecule is CCCCCCCCCCCCCCCCCCCCCCCCCCCCCCCc1ccc(S(=O)(=O)[O-])cc1.CCCCCCCCCCCCCCCCCCCCCCCCCCCCCCCc1ccc(S(=O)(=O)[O-])cc1.[Mg+2]. The minimum absolute atomic E-state index is 0. The van der Waals surface area contributed by atoms with Gasteiger partial charge in [0.25, 0.3) is 0 Å². The summed E-state index contributed by atoms with van der Waals surface area (Å²) in [7, 11) is -8.66. The van der Waals surface area contributed by atoms with Crippen LogP contribution in [0.2, 0.25) is 0 Å². The number of hydrogen-bond acceptors (Lipinski definition) is 6. The molecular formula is C74H134MgO6S2. The third-order valence-electron chi connectivity index (χ3n) is 17.6. The molecule has 83 heavy (non-hydrogen) atoms. The zero-order valence-electron chi connectivity index (χ0n) is 55.0. The predicted molar refractivity (Wildman–Crippen MR) is 361 cm³/mol. The van der Waals surface area contributed by atoms with Crippen LogP contribution in [0.25, 0.3) is 0 Å². The van der Waals surface area contributed by atoms with Crippen LogP contribution in [0.15, 0.2) is 58.3 Å². The summed E-state index contributed by atoms with van der Waals surface area (Å²) >= 11 is 0. The van der Waals surface area contributed by atoms with Gasteiger partial charge in [-0.15, -0.1) is 0 Å². The van der Waals surface area contributed by atoms with Gasteiger partial charge >= 0.3 is 23.1 Å². The Balaban J connectivity index is 0.00000160. The van der Waals surface area contributed by atoms with E-state index in [0.717, 1.165) is 36.8 Å². The molecule has 2 rings (SSSR count). The number of benzene rings is 2.